The predicted molar refractivity (Wildman–Crippen MR) is 123 cm³/mol. The van der Waals surface area contributed by atoms with Gasteiger partial charge in [-0.15, -0.1) is 0 Å². The van der Waals surface area contributed by atoms with Crippen molar-refractivity contribution in [1.82, 2.24) is 15.0 Å². The Hall–Kier alpha value is -2.86. The van der Waals surface area contributed by atoms with E-state index in [0.717, 1.165) is 11.3 Å². The standard InChI is InChI=1S/C20H17N5O3S3/c1-12-22-16(13-5-3-2-4-6-13)10-19(23-12)29-11-18(26)25-20-24-15-8-7-14(31(21,27)28)9-17(15)30-20/h2-10H,11H2,1H3,(H2,21,27,28)(H,24,25,26). The number of nitrogens with zero attached hydrogens (tertiary/aromatic N) is 3. The van der Waals surface area contributed by atoms with Crippen molar-refractivity contribution in [3.8, 4) is 11.3 Å². The molecule has 31 heavy (non-hydrogen) atoms. The molecule has 0 unspecified atom stereocenters. The summed E-state index contributed by atoms with van der Waals surface area (Å²) >= 11 is 2.48. The van der Waals surface area contributed by atoms with Crippen LogP contribution in [0, 0.1) is 6.92 Å². The van der Waals surface area contributed by atoms with Crippen molar-refractivity contribution in [3.05, 3.63) is 60.4 Å². The van der Waals surface area contributed by atoms with Crippen LogP contribution in [0.4, 0.5) is 5.13 Å². The highest BCUT2D eigenvalue weighted by Crippen LogP contribution is 2.28. The summed E-state index contributed by atoms with van der Waals surface area (Å²) in [5.74, 6) is 0.526. The number of anilines is 1. The number of hydrogen-bond donors (Lipinski definition) is 2. The Morgan fingerprint density at radius 3 is 2.61 bits per heavy atom. The van der Waals surface area contributed by atoms with Crippen molar-refractivity contribution in [2.75, 3.05) is 11.1 Å². The van der Waals surface area contributed by atoms with E-state index in [9.17, 15) is 13.2 Å². The Morgan fingerprint density at radius 1 is 1.10 bits per heavy atom. The summed E-state index contributed by atoms with van der Waals surface area (Å²) in [5.41, 5.74) is 2.36. The number of nitrogens with one attached hydrogen (secondary N) is 1. The molecule has 11 heteroatoms. The maximum atomic E-state index is 12.4. The quantitative estimate of drug-likeness (QED) is 0.326. The molecule has 2 aromatic carbocycles. The average Bonchev–Trinajstić information content (AvgIpc) is 3.13. The number of sulfonamides is 1. The van der Waals surface area contributed by atoms with E-state index in [1.807, 2.05) is 43.3 Å². The molecule has 0 spiro atoms. The lowest BCUT2D eigenvalue weighted by molar-refractivity contribution is -0.113. The predicted octanol–water partition coefficient (Wildman–Crippen LogP) is 3.44. The Balaban J connectivity index is 1.44. The highest BCUT2D eigenvalue weighted by molar-refractivity contribution is 7.99. The van der Waals surface area contributed by atoms with E-state index in [-0.39, 0.29) is 16.6 Å². The summed E-state index contributed by atoms with van der Waals surface area (Å²) < 4.78 is 23.6. The zero-order valence-corrected chi connectivity index (χ0v) is 18.7. The fourth-order valence-electron chi connectivity index (χ4n) is 2.80. The summed E-state index contributed by atoms with van der Waals surface area (Å²) in [4.78, 5) is 25.6. The number of thioether (sulfide) groups is 1. The molecule has 0 aliphatic carbocycles. The number of amides is 1. The lowest BCUT2D eigenvalue weighted by Crippen LogP contribution is -2.14. The number of fused-ring (bicyclic) bond motifs is 1. The molecule has 8 nitrogen and oxygen atoms in total. The fourth-order valence-corrected chi connectivity index (χ4v) is 5.08. The van der Waals surface area contributed by atoms with Crippen molar-refractivity contribution in [1.29, 1.82) is 0 Å². The molecule has 2 heterocycles. The molecule has 1 amide bonds. The van der Waals surface area contributed by atoms with E-state index in [1.165, 1.54) is 35.2 Å². The molecule has 0 radical (unpaired) electrons. The largest absolute Gasteiger partial charge is 0.301 e. The zero-order valence-electron chi connectivity index (χ0n) is 16.3. The molecule has 4 rings (SSSR count). The van der Waals surface area contributed by atoms with Gasteiger partial charge in [-0.05, 0) is 31.2 Å². The molecule has 0 fully saturated rings. The molecule has 0 saturated heterocycles. The summed E-state index contributed by atoms with van der Waals surface area (Å²) in [7, 11) is -3.80. The van der Waals surface area contributed by atoms with Gasteiger partial charge in [-0.1, -0.05) is 53.4 Å². The SMILES string of the molecule is Cc1nc(SCC(=O)Nc2nc3ccc(S(N)(=O)=O)cc3s2)cc(-c2ccccc2)n1. The van der Waals surface area contributed by atoms with Crippen LogP contribution in [0.5, 0.6) is 0 Å². The van der Waals surface area contributed by atoms with Gasteiger partial charge in [-0.25, -0.2) is 28.5 Å². The molecule has 0 atom stereocenters. The van der Waals surface area contributed by atoms with Gasteiger partial charge in [0.05, 0.1) is 26.6 Å². The van der Waals surface area contributed by atoms with E-state index in [4.69, 9.17) is 5.14 Å². The van der Waals surface area contributed by atoms with Crippen LogP contribution >= 0.6 is 23.1 Å². The van der Waals surface area contributed by atoms with Crippen LogP contribution in [0.25, 0.3) is 21.5 Å². The first-order valence-electron chi connectivity index (χ1n) is 9.05. The van der Waals surface area contributed by atoms with Crippen LogP contribution in [0.1, 0.15) is 5.82 Å². The van der Waals surface area contributed by atoms with Gasteiger partial charge >= 0.3 is 0 Å². The van der Waals surface area contributed by atoms with Crippen molar-refractivity contribution in [2.45, 2.75) is 16.8 Å². The molecular weight excluding hydrogens is 454 g/mol. The number of thiazole rings is 1. The average molecular weight is 472 g/mol. The summed E-state index contributed by atoms with van der Waals surface area (Å²) in [6.45, 7) is 1.81. The number of benzene rings is 2. The second-order valence-corrected chi connectivity index (χ2v) is 10.1. The smallest absolute Gasteiger partial charge is 0.238 e. The normalized spacial score (nSPS) is 11.5. The molecular formula is C20H17N5O3S3. The van der Waals surface area contributed by atoms with Gasteiger partial charge < -0.3 is 5.32 Å². The highest BCUT2D eigenvalue weighted by atomic mass is 32.2. The first-order chi connectivity index (χ1) is 14.8. The lowest BCUT2D eigenvalue weighted by Gasteiger charge is -2.06. The van der Waals surface area contributed by atoms with Gasteiger partial charge in [0.25, 0.3) is 0 Å². The van der Waals surface area contributed by atoms with Gasteiger partial charge in [0, 0.05) is 5.56 Å². The zero-order chi connectivity index (χ0) is 22.0. The fraction of sp³-hybridized carbons (Fsp3) is 0.100. The number of carbonyl (C=O) groups excluding carboxylic acids is 1. The Labute approximate surface area is 187 Å². The van der Waals surface area contributed by atoms with Crippen molar-refractivity contribution < 1.29 is 13.2 Å². The molecule has 0 saturated carbocycles. The third-order valence-corrected chi connectivity index (χ3v) is 6.93. The topological polar surface area (TPSA) is 128 Å². The van der Waals surface area contributed by atoms with Crippen molar-refractivity contribution in [3.63, 3.8) is 0 Å². The molecule has 0 bridgehead atoms. The molecule has 0 aliphatic heterocycles. The summed E-state index contributed by atoms with van der Waals surface area (Å²) in [6.07, 6.45) is 0. The second-order valence-electron chi connectivity index (χ2n) is 6.54. The molecule has 4 aromatic rings. The lowest BCUT2D eigenvalue weighted by atomic mass is 10.1. The first-order valence-corrected chi connectivity index (χ1v) is 12.4. The van der Waals surface area contributed by atoms with Crippen LogP contribution in [-0.2, 0) is 14.8 Å². The van der Waals surface area contributed by atoms with E-state index in [1.54, 1.807) is 6.07 Å². The monoisotopic (exact) mass is 471 g/mol. The Bertz CT molecular complexity index is 1370. The second kappa shape index (κ2) is 8.71. The van der Waals surface area contributed by atoms with Gasteiger partial charge in [0.15, 0.2) is 5.13 Å². The van der Waals surface area contributed by atoms with E-state index >= 15 is 0 Å². The minimum absolute atomic E-state index is 0.00503. The maximum absolute atomic E-state index is 12.4. The number of primary sulfonamides is 1. The molecule has 158 valence electrons. The maximum Gasteiger partial charge on any atom is 0.238 e. The highest BCUT2D eigenvalue weighted by Gasteiger charge is 2.13. The third-order valence-electron chi connectivity index (χ3n) is 4.17. The molecule has 2 aromatic heterocycles. The number of nitrogens with two attached hydrogens (primary N) is 1. The van der Waals surface area contributed by atoms with Gasteiger partial charge in [0.1, 0.15) is 10.9 Å². The van der Waals surface area contributed by atoms with Crippen LogP contribution in [0.3, 0.4) is 0 Å². The summed E-state index contributed by atoms with van der Waals surface area (Å²) in [5, 5.41) is 8.99. The number of aromatic nitrogens is 3. The Morgan fingerprint density at radius 2 is 1.87 bits per heavy atom. The van der Waals surface area contributed by atoms with Gasteiger partial charge in [-0.2, -0.15) is 0 Å². The number of carbonyl (C=O) groups is 1. The van der Waals surface area contributed by atoms with Crippen molar-refractivity contribution in [2.24, 2.45) is 5.14 Å². The summed E-state index contributed by atoms with van der Waals surface area (Å²) in [6, 6.07) is 16.0. The van der Waals surface area contributed by atoms with Gasteiger partial charge in [-0.3, -0.25) is 4.79 Å². The van der Waals surface area contributed by atoms with Crippen molar-refractivity contribution >= 4 is 54.4 Å². The van der Waals surface area contributed by atoms with Crippen LogP contribution in [0.2, 0.25) is 0 Å². The number of aryl methyl sites for hydroxylation is 1. The van der Waals surface area contributed by atoms with E-state index < -0.39 is 10.0 Å². The van der Waals surface area contributed by atoms with E-state index in [0.29, 0.717) is 26.2 Å². The minimum atomic E-state index is -3.80. The van der Waals surface area contributed by atoms with E-state index in [2.05, 4.69) is 20.3 Å². The first kappa shape index (κ1) is 21.4. The molecule has 0 aliphatic rings. The van der Waals surface area contributed by atoms with Crippen LogP contribution in [-0.4, -0.2) is 35.0 Å². The Kier molecular flexibility index (Phi) is 6.01. The van der Waals surface area contributed by atoms with Crippen LogP contribution in [0.15, 0.2) is 64.5 Å². The van der Waals surface area contributed by atoms with Gasteiger partial charge in [0.2, 0.25) is 15.9 Å². The number of hydrogen-bond acceptors (Lipinski definition) is 8. The van der Waals surface area contributed by atoms with Crippen LogP contribution < -0.4 is 10.5 Å². The third kappa shape index (κ3) is 5.25. The molecule has 3 N–H and O–H groups in total. The number of rotatable bonds is 6. The minimum Gasteiger partial charge on any atom is -0.301 e.